The molecule has 0 aliphatic rings. The maximum absolute atomic E-state index is 13.0. The molecule has 0 aliphatic heterocycles. The van der Waals surface area contributed by atoms with Crippen molar-refractivity contribution in [3.8, 4) is 5.75 Å². The zero-order chi connectivity index (χ0) is 20.6. The van der Waals surface area contributed by atoms with Crippen LogP contribution in [0.2, 0.25) is 0 Å². The summed E-state index contributed by atoms with van der Waals surface area (Å²) < 4.78 is 5.15. The van der Waals surface area contributed by atoms with Crippen molar-refractivity contribution in [1.82, 2.24) is 4.90 Å². The lowest BCUT2D eigenvalue weighted by Gasteiger charge is -2.24. The molecule has 0 aromatic heterocycles. The van der Waals surface area contributed by atoms with E-state index >= 15 is 0 Å². The molecule has 0 bridgehead atoms. The fourth-order valence-electron chi connectivity index (χ4n) is 2.90. The topological polar surface area (TPSA) is 82.0 Å². The van der Waals surface area contributed by atoms with Gasteiger partial charge in [0.2, 0.25) is 0 Å². The van der Waals surface area contributed by atoms with E-state index in [-0.39, 0.29) is 6.03 Å². The van der Waals surface area contributed by atoms with Gasteiger partial charge in [-0.1, -0.05) is 54.6 Å². The molecular weight excluding hydrogens is 367 g/mol. The summed E-state index contributed by atoms with van der Waals surface area (Å²) >= 11 is 0. The van der Waals surface area contributed by atoms with Crippen LogP contribution >= 0.6 is 0 Å². The summed E-state index contributed by atoms with van der Waals surface area (Å²) in [4.78, 5) is 14.7. The average Bonchev–Trinajstić information content (AvgIpc) is 2.75. The van der Waals surface area contributed by atoms with E-state index in [2.05, 4.69) is 5.32 Å². The third-order valence-electron chi connectivity index (χ3n) is 4.50. The molecule has 3 rings (SSSR count). The van der Waals surface area contributed by atoms with E-state index in [4.69, 9.17) is 4.74 Å². The minimum Gasteiger partial charge on any atom is -0.497 e. The Morgan fingerprint density at radius 2 is 1.48 bits per heavy atom. The highest BCUT2D eigenvalue weighted by Crippen LogP contribution is 2.17. The highest BCUT2D eigenvalue weighted by molar-refractivity contribution is 6.58. The number of urea groups is 1. The zero-order valence-corrected chi connectivity index (χ0v) is 16.2. The van der Waals surface area contributed by atoms with Crippen LogP contribution in [0.3, 0.4) is 0 Å². The van der Waals surface area contributed by atoms with Gasteiger partial charge >= 0.3 is 13.1 Å². The third kappa shape index (κ3) is 5.84. The van der Waals surface area contributed by atoms with Gasteiger partial charge in [0.05, 0.1) is 7.11 Å². The molecular formula is C22H23BN2O4. The summed E-state index contributed by atoms with van der Waals surface area (Å²) in [6, 6.07) is 23.5. The minimum absolute atomic E-state index is 0.231. The van der Waals surface area contributed by atoms with Gasteiger partial charge in [0.15, 0.2) is 0 Å². The number of methoxy groups -OCH3 is 1. The van der Waals surface area contributed by atoms with Gasteiger partial charge in [0.25, 0.3) is 0 Å². The second-order valence-corrected chi connectivity index (χ2v) is 6.62. The quantitative estimate of drug-likeness (QED) is 0.542. The minimum atomic E-state index is -1.51. The van der Waals surface area contributed by atoms with Crippen molar-refractivity contribution in [1.29, 1.82) is 0 Å². The molecule has 0 saturated carbocycles. The van der Waals surface area contributed by atoms with Gasteiger partial charge in [-0.05, 0) is 40.9 Å². The van der Waals surface area contributed by atoms with Crippen LogP contribution in [-0.4, -0.2) is 35.2 Å². The van der Waals surface area contributed by atoms with E-state index in [1.165, 1.54) is 0 Å². The number of anilines is 1. The van der Waals surface area contributed by atoms with Crippen LogP contribution < -0.4 is 15.5 Å². The van der Waals surface area contributed by atoms with Crippen molar-refractivity contribution in [3.05, 3.63) is 90.0 Å². The Labute approximate surface area is 170 Å². The highest BCUT2D eigenvalue weighted by atomic mass is 16.5. The average molecular weight is 390 g/mol. The number of carbonyl (C=O) groups is 1. The summed E-state index contributed by atoms with van der Waals surface area (Å²) in [7, 11) is 0.0822. The monoisotopic (exact) mass is 390 g/mol. The Morgan fingerprint density at radius 3 is 2.03 bits per heavy atom. The van der Waals surface area contributed by atoms with Gasteiger partial charge in [-0.3, -0.25) is 0 Å². The molecule has 6 nitrogen and oxygen atoms in total. The molecule has 7 heteroatoms. The number of carbonyl (C=O) groups excluding carboxylic acids is 1. The summed E-state index contributed by atoms with van der Waals surface area (Å²) in [5.41, 5.74) is 2.98. The molecule has 2 amide bonds. The number of ether oxygens (including phenoxy) is 1. The lowest BCUT2D eigenvalue weighted by Crippen LogP contribution is -2.34. The van der Waals surface area contributed by atoms with Gasteiger partial charge in [0, 0.05) is 18.8 Å². The van der Waals surface area contributed by atoms with Crippen LogP contribution in [0.1, 0.15) is 11.1 Å². The first-order valence-corrected chi connectivity index (χ1v) is 9.24. The maximum atomic E-state index is 13.0. The van der Waals surface area contributed by atoms with Crippen molar-refractivity contribution in [2.24, 2.45) is 0 Å². The fourth-order valence-corrected chi connectivity index (χ4v) is 2.90. The first kappa shape index (κ1) is 20.4. The number of nitrogens with zero attached hydrogens (tertiary/aromatic N) is 1. The molecule has 29 heavy (non-hydrogen) atoms. The number of amides is 2. The Morgan fingerprint density at radius 1 is 0.897 bits per heavy atom. The maximum Gasteiger partial charge on any atom is 0.488 e. The number of benzene rings is 3. The summed E-state index contributed by atoms with van der Waals surface area (Å²) in [5.74, 6) is 0.718. The predicted molar refractivity (Wildman–Crippen MR) is 114 cm³/mol. The molecule has 0 radical (unpaired) electrons. The molecule has 0 fully saturated rings. The summed E-state index contributed by atoms with van der Waals surface area (Å²) in [5, 5.41) is 21.4. The van der Waals surface area contributed by atoms with Gasteiger partial charge in [-0.25, -0.2) is 4.79 Å². The largest absolute Gasteiger partial charge is 0.497 e. The normalized spacial score (nSPS) is 10.3. The standard InChI is InChI=1S/C22H23BN2O4/c1-29-21-13-11-20(12-14-21)24-22(26)25(15-17-5-3-2-4-6-17)16-18-7-9-19(10-8-18)23(27)28/h2-14,27-28H,15-16H2,1H3,(H,24,26). The van der Waals surface area contributed by atoms with E-state index in [1.54, 1.807) is 60.5 Å². The van der Waals surface area contributed by atoms with Gasteiger partial charge < -0.3 is 25.0 Å². The molecule has 3 aromatic rings. The molecule has 3 N–H and O–H groups in total. The van der Waals surface area contributed by atoms with Crippen LogP contribution in [-0.2, 0) is 13.1 Å². The number of rotatable bonds is 7. The number of hydrogen-bond acceptors (Lipinski definition) is 4. The molecule has 0 spiro atoms. The van der Waals surface area contributed by atoms with Crippen molar-refractivity contribution >= 4 is 24.3 Å². The first-order valence-electron chi connectivity index (χ1n) is 9.24. The second-order valence-electron chi connectivity index (χ2n) is 6.62. The summed E-state index contributed by atoms with van der Waals surface area (Å²) in [6.45, 7) is 0.811. The number of nitrogens with one attached hydrogen (secondary N) is 1. The van der Waals surface area contributed by atoms with Gasteiger partial charge in [0.1, 0.15) is 5.75 Å². The molecule has 0 unspecified atom stereocenters. The van der Waals surface area contributed by atoms with Crippen LogP contribution in [0.15, 0.2) is 78.9 Å². The predicted octanol–water partition coefficient (Wildman–Crippen LogP) is 2.61. The lowest BCUT2D eigenvalue weighted by molar-refractivity contribution is 0.206. The molecule has 0 heterocycles. The van der Waals surface area contributed by atoms with E-state index in [0.29, 0.717) is 24.2 Å². The highest BCUT2D eigenvalue weighted by Gasteiger charge is 2.16. The Hall–Kier alpha value is -3.29. The van der Waals surface area contributed by atoms with Crippen LogP contribution in [0.25, 0.3) is 0 Å². The molecule has 0 atom stereocenters. The summed E-state index contributed by atoms with van der Waals surface area (Å²) in [6.07, 6.45) is 0. The third-order valence-corrected chi connectivity index (χ3v) is 4.50. The zero-order valence-electron chi connectivity index (χ0n) is 16.2. The lowest BCUT2D eigenvalue weighted by atomic mass is 9.80. The Balaban J connectivity index is 1.76. The van der Waals surface area contributed by atoms with E-state index in [9.17, 15) is 14.8 Å². The van der Waals surface area contributed by atoms with E-state index < -0.39 is 7.12 Å². The van der Waals surface area contributed by atoms with Crippen molar-refractivity contribution in [2.75, 3.05) is 12.4 Å². The Bertz CT molecular complexity index is 916. The van der Waals surface area contributed by atoms with Crippen LogP contribution in [0.4, 0.5) is 10.5 Å². The molecule has 3 aromatic carbocycles. The van der Waals surface area contributed by atoms with Crippen molar-refractivity contribution in [2.45, 2.75) is 13.1 Å². The van der Waals surface area contributed by atoms with Gasteiger partial charge in [-0.2, -0.15) is 0 Å². The fraction of sp³-hybridized carbons (Fsp3) is 0.136. The molecule has 0 saturated heterocycles. The van der Waals surface area contributed by atoms with Crippen LogP contribution in [0.5, 0.6) is 5.75 Å². The first-order chi connectivity index (χ1) is 14.0. The van der Waals surface area contributed by atoms with E-state index in [0.717, 1.165) is 16.9 Å². The van der Waals surface area contributed by atoms with Crippen molar-refractivity contribution < 1.29 is 19.6 Å². The van der Waals surface area contributed by atoms with Crippen molar-refractivity contribution in [3.63, 3.8) is 0 Å². The molecule has 148 valence electrons. The Kier molecular flexibility index (Phi) is 6.89. The SMILES string of the molecule is COc1ccc(NC(=O)N(Cc2ccccc2)Cc2ccc(B(O)O)cc2)cc1. The smallest absolute Gasteiger partial charge is 0.488 e. The second kappa shape index (κ2) is 9.77. The van der Waals surface area contributed by atoms with Gasteiger partial charge in [-0.15, -0.1) is 0 Å². The van der Waals surface area contributed by atoms with Crippen LogP contribution in [0, 0.1) is 0 Å². The number of hydrogen-bond donors (Lipinski definition) is 3. The van der Waals surface area contributed by atoms with E-state index in [1.807, 2.05) is 30.3 Å². The molecule has 0 aliphatic carbocycles.